The molecule has 0 bridgehead atoms. The molecule has 0 unspecified atom stereocenters. The maximum atomic E-state index is 8.58. The third-order valence-corrected chi connectivity index (χ3v) is 2.87. The van der Waals surface area contributed by atoms with E-state index >= 15 is 0 Å². The zero-order valence-electron chi connectivity index (χ0n) is 7.95. The molecule has 5 nitrogen and oxygen atoms in total. The smallest absolute Gasteiger partial charge is 0.165 e. The van der Waals surface area contributed by atoms with Gasteiger partial charge in [0.05, 0.1) is 0 Å². The van der Waals surface area contributed by atoms with E-state index in [2.05, 4.69) is 20.3 Å². The van der Waals surface area contributed by atoms with Gasteiger partial charge in [0.1, 0.15) is 10.7 Å². The van der Waals surface area contributed by atoms with Crippen LogP contribution >= 0.6 is 11.3 Å². The number of hydrogen-bond acceptors (Lipinski definition) is 6. The fourth-order valence-corrected chi connectivity index (χ4v) is 1.79. The number of oxime groups is 1. The van der Waals surface area contributed by atoms with Gasteiger partial charge in [-0.15, -0.1) is 10.2 Å². The molecule has 0 spiro atoms. The monoisotopic (exact) mass is 220 g/mol. The first kappa shape index (κ1) is 9.72. The number of aromatic nitrogens is 3. The molecule has 6 heteroatoms. The van der Waals surface area contributed by atoms with Crippen LogP contribution in [0.4, 0.5) is 0 Å². The molecule has 2 aromatic rings. The molecule has 15 heavy (non-hydrogen) atoms. The lowest BCUT2D eigenvalue weighted by Crippen LogP contribution is -1.92. The molecular weight excluding hydrogens is 212 g/mol. The Morgan fingerprint density at radius 3 is 3.00 bits per heavy atom. The molecule has 0 atom stereocenters. The van der Waals surface area contributed by atoms with Gasteiger partial charge in [0.25, 0.3) is 0 Å². The Balaban J connectivity index is 2.36. The highest BCUT2D eigenvalue weighted by atomic mass is 32.1. The fourth-order valence-electron chi connectivity index (χ4n) is 1.02. The van der Waals surface area contributed by atoms with Crippen molar-refractivity contribution < 1.29 is 5.21 Å². The lowest BCUT2D eigenvalue weighted by molar-refractivity contribution is 0.319. The summed E-state index contributed by atoms with van der Waals surface area (Å²) >= 11 is 1.37. The first-order valence-corrected chi connectivity index (χ1v) is 5.06. The van der Waals surface area contributed by atoms with Crippen LogP contribution in [0.25, 0.3) is 10.6 Å². The van der Waals surface area contributed by atoms with Crippen molar-refractivity contribution in [3.63, 3.8) is 0 Å². The van der Waals surface area contributed by atoms with Gasteiger partial charge in [-0.3, -0.25) is 4.98 Å². The molecule has 2 rings (SSSR count). The summed E-state index contributed by atoms with van der Waals surface area (Å²) in [5.41, 5.74) is 1.37. The van der Waals surface area contributed by atoms with Gasteiger partial charge in [-0.1, -0.05) is 16.5 Å². The highest BCUT2D eigenvalue weighted by Crippen LogP contribution is 2.22. The van der Waals surface area contributed by atoms with Crippen LogP contribution in [0.5, 0.6) is 0 Å². The lowest BCUT2D eigenvalue weighted by atomic mass is 10.3. The molecule has 0 radical (unpaired) electrons. The van der Waals surface area contributed by atoms with E-state index in [4.69, 9.17) is 5.21 Å². The Kier molecular flexibility index (Phi) is 2.68. The van der Waals surface area contributed by atoms with E-state index in [1.807, 2.05) is 12.1 Å². The van der Waals surface area contributed by atoms with Gasteiger partial charge >= 0.3 is 0 Å². The molecule has 1 N–H and O–H groups in total. The van der Waals surface area contributed by atoms with Gasteiger partial charge in [0, 0.05) is 18.0 Å². The molecule has 0 amide bonds. The van der Waals surface area contributed by atoms with E-state index < -0.39 is 0 Å². The van der Waals surface area contributed by atoms with Gasteiger partial charge in [-0.05, 0) is 19.1 Å². The lowest BCUT2D eigenvalue weighted by Gasteiger charge is -1.90. The normalized spacial score (nSPS) is 11.7. The summed E-state index contributed by atoms with van der Waals surface area (Å²) in [4.78, 5) is 3.99. The predicted molar refractivity (Wildman–Crippen MR) is 57.1 cm³/mol. The summed E-state index contributed by atoms with van der Waals surface area (Å²) in [7, 11) is 0. The fraction of sp³-hybridized carbons (Fsp3) is 0.111. The van der Waals surface area contributed by atoms with Crippen molar-refractivity contribution >= 4 is 17.0 Å². The number of rotatable bonds is 2. The maximum Gasteiger partial charge on any atom is 0.165 e. The van der Waals surface area contributed by atoms with Crippen molar-refractivity contribution in [1.29, 1.82) is 0 Å². The Labute approximate surface area is 90.1 Å². The molecular formula is C9H8N4OS. The Morgan fingerprint density at radius 1 is 1.47 bits per heavy atom. The van der Waals surface area contributed by atoms with Gasteiger partial charge in [-0.25, -0.2) is 0 Å². The maximum absolute atomic E-state index is 8.58. The topological polar surface area (TPSA) is 71.3 Å². The average Bonchev–Trinajstić information content (AvgIpc) is 2.78. The van der Waals surface area contributed by atoms with Crippen molar-refractivity contribution in [2.24, 2.45) is 5.16 Å². The largest absolute Gasteiger partial charge is 0.411 e. The molecule has 0 aromatic carbocycles. The minimum Gasteiger partial charge on any atom is -0.411 e. The van der Waals surface area contributed by atoms with E-state index in [0.29, 0.717) is 10.7 Å². The van der Waals surface area contributed by atoms with Crippen LogP contribution in [0.2, 0.25) is 0 Å². The van der Waals surface area contributed by atoms with Gasteiger partial charge < -0.3 is 5.21 Å². The van der Waals surface area contributed by atoms with Crippen molar-refractivity contribution in [3.8, 4) is 10.6 Å². The van der Waals surface area contributed by atoms with Crippen LogP contribution in [-0.2, 0) is 0 Å². The predicted octanol–water partition coefficient (Wildman–Crippen LogP) is 1.80. The highest BCUT2D eigenvalue weighted by Gasteiger charge is 2.08. The van der Waals surface area contributed by atoms with Crippen LogP contribution < -0.4 is 0 Å². The van der Waals surface area contributed by atoms with E-state index in [9.17, 15) is 0 Å². The average molecular weight is 220 g/mol. The Bertz CT molecular complexity index is 480. The van der Waals surface area contributed by atoms with Crippen LogP contribution in [0.1, 0.15) is 11.9 Å². The molecule has 0 saturated carbocycles. The summed E-state index contributed by atoms with van der Waals surface area (Å²) in [6, 6.07) is 3.74. The highest BCUT2D eigenvalue weighted by molar-refractivity contribution is 7.16. The Morgan fingerprint density at radius 2 is 2.33 bits per heavy atom. The van der Waals surface area contributed by atoms with Crippen LogP contribution in [-0.4, -0.2) is 26.1 Å². The zero-order valence-corrected chi connectivity index (χ0v) is 8.77. The first-order chi connectivity index (χ1) is 7.31. The number of pyridine rings is 1. The van der Waals surface area contributed by atoms with Crippen LogP contribution in [0, 0.1) is 0 Å². The zero-order chi connectivity index (χ0) is 10.7. The summed E-state index contributed by atoms with van der Waals surface area (Å²) in [6.07, 6.45) is 3.42. The molecule has 2 heterocycles. The molecule has 0 fully saturated rings. The van der Waals surface area contributed by atoms with Crippen LogP contribution in [0.15, 0.2) is 29.7 Å². The summed E-state index contributed by atoms with van der Waals surface area (Å²) in [6.45, 7) is 1.67. The summed E-state index contributed by atoms with van der Waals surface area (Å²) in [5.74, 6) is 0. The number of hydrogen-bond donors (Lipinski definition) is 1. The molecule has 76 valence electrons. The van der Waals surface area contributed by atoms with Gasteiger partial charge in [0.15, 0.2) is 5.01 Å². The SMILES string of the molecule is C/C(=N/O)c1nnc(-c2cccnc2)s1. The van der Waals surface area contributed by atoms with Crippen molar-refractivity contribution in [1.82, 2.24) is 15.2 Å². The van der Waals surface area contributed by atoms with E-state index in [0.717, 1.165) is 10.6 Å². The van der Waals surface area contributed by atoms with Crippen molar-refractivity contribution in [2.75, 3.05) is 0 Å². The molecule has 0 saturated heterocycles. The minimum atomic E-state index is 0.461. The second-order valence-corrected chi connectivity index (χ2v) is 3.82. The molecule has 0 aliphatic heterocycles. The second kappa shape index (κ2) is 4.14. The second-order valence-electron chi connectivity index (χ2n) is 2.84. The third-order valence-electron chi connectivity index (χ3n) is 1.79. The summed E-state index contributed by atoms with van der Waals surface area (Å²) in [5, 5.41) is 20.9. The minimum absolute atomic E-state index is 0.461. The van der Waals surface area contributed by atoms with E-state index in [1.54, 1.807) is 19.3 Å². The van der Waals surface area contributed by atoms with Gasteiger partial charge in [-0.2, -0.15) is 0 Å². The Hall–Kier alpha value is -1.82. The summed E-state index contributed by atoms with van der Waals surface area (Å²) < 4.78 is 0. The first-order valence-electron chi connectivity index (χ1n) is 4.24. The molecule has 2 aromatic heterocycles. The van der Waals surface area contributed by atoms with Crippen LogP contribution in [0.3, 0.4) is 0 Å². The third kappa shape index (κ3) is 1.99. The molecule has 0 aliphatic rings. The van der Waals surface area contributed by atoms with Crippen molar-refractivity contribution in [3.05, 3.63) is 29.5 Å². The standard InChI is InChI=1S/C9H8N4OS/c1-6(13-14)8-11-12-9(15-8)7-3-2-4-10-5-7/h2-5,14H,1H3/b13-6-. The quantitative estimate of drug-likeness (QED) is 0.476. The van der Waals surface area contributed by atoms with Crippen molar-refractivity contribution in [2.45, 2.75) is 6.92 Å². The van der Waals surface area contributed by atoms with Gasteiger partial charge in [0.2, 0.25) is 0 Å². The van der Waals surface area contributed by atoms with E-state index in [-0.39, 0.29) is 0 Å². The number of nitrogens with zero attached hydrogens (tertiary/aromatic N) is 4. The van der Waals surface area contributed by atoms with E-state index in [1.165, 1.54) is 11.3 Å². The molecule has 0 aliphatic carbocycles.